The molecule has 33 valence electrons. The molecule has 0 bridgehead atoms. The van der Waals surface area contributed by atoms with Crippen LogP contribution in [0.4, 0.5) is 0 Å². The Morgan fingerprint density at radius 1 is 2.00 bits per heavy atom. The molecule has 1 aromatic heterocycles. The second-order valence-electron chi connectivity index (χ2n) is 0.911. The predicted octanol–water partition coefficient (Wildman–Crippen LogP) is 0.346. The van der Waals surface area contributed by atoms with E-state index in [2.05, 4.69) is 15.7 Å². The maximum absolute atomic E-state index is 8.01. The van der Waals surface area contributed by atoms with Crippen LogP contribution in [0.2, 0.25) is 0 Å². The summed E-state index contributed by atoms with van der Waals surface area (Å²) in [6.45, 7) is 0. The van der Waals surface area contributed by atoms with Gasteiger partial charge in [-0.25, -0.2) is 0 Å². The minimum atomic E-state index is 0.125. The number of aromatic nitrogens is 1. The highest BCUT2D eigenvalue weighted by Gasteiger charge is 1.87. The van der Waals surface area contributed by atoms with E-state index >= 15 is 0 Å². The van der Waals surface area contributed by atoms with E-state index in [9.17, 15) is 0 Å². The molecular weight excluding hydrogens is 92.1 g/mol. The van der Waals surface area contributed by atoms with Gasteiger partial charge in [-0.2, -0.15) is 5.26 Å². The number of hydrogen-bond acceptors (Lipinski definition) is 3. The van der Waals surface area contributed by atoms with Gasteiger partial charge in [0.05, 0.1) is 12.3 Å². The standard InChI is InChI=1S/C4HN2O/c5-3-4-1-2-6-7-4/h2H. The molecule has 1 aromatic rings. The van der Waals surface area contributed by atoms with Crippen molar-refractivity contribution in [3.05, 3.63) is 18.0 Å². The fourth-order valence-corrected chi connectivity index (χ4v) is 0.243. The minimum absolute atomic E-state index is 0.125. The maximum atomic E-state index is 8.01. The molecule has 1 rings (SSSR count). The molecule has 0 aliphatic carbocycles. The molecule has 0 N–H and O–H groups in total. The zero-order valence-corrected chi connectivity index (χ0v) is 3.38. The zero-order chi connectivity index (χ0) is 5.11. The molecule has 0 saturated carbocycles. The van der Waals surface area contributed by atoms with Crippen LogP contribution >= 0.6 is 0 Å². The Hall–Kier alpha value is -1.30. The van der Waals surface area contributed by atoms with Crippen LogP contribution < -0.4 is 0 Å². The number of hydrogen-bond donors (Lipinski definition) is 0. The Morgan fingerprint density at radius 3 is 3.14 bits per heavy atom. The maximum Gasteiger partial charge on any atom is 0.244 e. The second-order valence-corrected chi connectivity index (χ2v) is 0.911. The summed E-state index contributed by atoms with van der Waals surface area (Å²) in [4.78, 5) is 0. The molecule has 0 aromatic carbocycles. The Kier molecular flexibility index (Phi) is 0.794. The van der Waals surface area contributed by atoms with Crippen molar-refractivity contribution in [2.75, 3.05) is 0 Å². The van der Waals surface area contributed by atoms with Gasteiger partial charge in [0, 0.05) is 0 Å². The molecule has 0 spiro atoms. The van der Waals surface area contributed by atoms with E-state index in [0.717, 1.165) is 0 Å². The molecule has 1 radical (unpaired) electrons. The molecular formula is C4HN2O. The molecule has 0 aliphatic rings. The lowest BCUT2D eigenvalue weighted by molar-refractivity contribution is 0.410. The lowest BCUT2D eigenvalue weighted by Crippen LogP contribution is -1.57. The highest BCUT2D eigenvalue weighted by atomic mass is 16.5. The Morgan fingerprint density at radius 2 is 2.86 bits per heavy atom. The van der Waals surface area contributed by atoms with Gasteiger partial charge in [0.1, 0.15) is 6.07 Å². The number of rotatable bonds is 0. The average Bonchev–Trinajstić information content (AvgIpc) is 2.14. The van der Waals surface area contributed by atoms with E-state index in [1.54, 1.807) is 6.07 Å². The Bertz CT molecular complexity index is 172. The lowest BCUT2D eigenvalue weighted by Gasteiger charge is -1.61. The van der Waals surface area contributed by atoms with Gasteiger partial charge in [-0.1, -0.05) is 5.16 Å². The van der Waals surface area contributed by atoms with Gasteiger partial charge in [0.25, 0.3) is 0 Å². The summed E-state index contributed by atoms with van der Waals surface area (Å²) in [7, 11) is 0. The third-order valence-corrected chi connectivity index (χ3v) is 0.494. The molecule has 0 saturated heterocycles. The van der Waals surface area contributed by atoms with Gasteiger partial charge in [-0.15, -0.1) is 0 Å². The highest BCUT2D eigenvalue weighted by molar-refractivity contribution is 5.10. The molecule has 0 aliphatic heterocycles. The van der Waals surface area contributed by atoms with Gasteiger partial charge in [-0.3, -0.25) is 0 Å². The fraction of sp³-hybridized carbons (Fsp3) is 0. The van der Waals surface area contributed by atoms with Crippen LogP contribution in [0.3, 0.4) is 0 Å². The van der Waals surface area contributed by atoms with Gasteiger partial charge in [0.15, 0.2) is 0 Å². The summed E-state index contributed by atoms with van der Waals surface area (Å²) in [6, 6.07) is 4.17. The van der Waals surface area contributed by atoms with Crippen molar-refractivity contribution < 1.29 is 4.52 Å². The van der Waals surface area contributed by atoms with E-state index < -0.39 is 0 Å². The van der Waals surface area contributed by atoms with Gasteiger partial charge < -0.3 is 4.52 Å². The van der Waals surface area contributed by atoms with Crippen molar-refractivity contribution in [3.63, 3.8) is 0 Å². The zero-order valence-electron chi connectivity index (χ0n) is 3.38. The van der Waals surface area contributed by atoms with E-state index in [-0.39, 0.29) is 5.76 Å². The summed E-state index contributed by atoms with van der Waals surface area (Å²) >= 11 is 0. The molecule has 0 fully saturated rings. The molecule has 0 amide bonds. The average molecular weight is 93.1 g/mol. The van der Waals surface area contributed by atoms with E-state index in [1.165, 1.54) is 6.20 Å². The van der Waals surface area contributed by atoms with E-state index in [0.29, 0.717) is 0 Å². The summed E-state index contributed by atoms with van der Waals surface area (Å²) in [5, 5.41) is 11.3. The largest absolute Gasteiger partial charge is 0.345 e. The first-order valence-corrected chi connectivity index (χ1v) is 1.66. The molecule has 0 unspecified atom stereocenters. The molecule has 3 heteroatoms. The van der Waals surface area contributed by atoms with Gasteiger partial charge in [-0.05, 0) is 0 Å². The van der Waals surface area contributed by atoms with E-state index in [1.807, 2.05) is 0 Å². The Balaban J connectivity index is 3.04. The monoisotopic (exact) mass is 93.0 g/mol. The summed E-state index contributed by atoms with van der Waals surface area (Å²) < 4.78 is 4.32. The minimum Gasteiger partial charge on any atom is -0.345 e. The molecule has 3 nitrogen and oxygen atoms in total. The van der Waals surface area contributed by atoms with Crippen molar-refractivity contribution in [2.24, 2.45) is 0 Å². The van der Waals surface area contributed by atoms with Crippen LogP contribution in [0.1, 0.15) is 5.76 Å². The molecule has 0 atom stereocenters. The number of nitrogens with zero attached hydrogens (tertiary/aromatic N) is 2. The van der Waals surface area contributed by atoms with Gasteiger partial charge in [0.2, 0.25) is 5.76 Å². The SMILES string of the molecule is N#Cc1[c]cno1. The van der Waals surface area contributed by atoms with Crippen molar-refractivity contribution in [3.8, 4) is 6.07 Å². The first-order chi connectivity index (χ1) is 3.43. The normalized spacial score (nSPS) is 7.86. The van der Waals surface area contributed by atoms with Crippen molar-refractivity contribution >= 4 is 0 Å². The third kappa shape index (κ3) is 0.578. The predicted molar refractivity (Wildman–Crippen MR) is 20.1 cm³/mol. The molecule has 1 heterocycles. The van der Waals surface area contributed by atoms with Crippen LogP contribution in [-0.4, -0.2) is 5.16 Å². The van der Waals surface area contributed by atoms with Crippen LogP contribution in [0.15, 0.2) is 10.7 Å². The smallest absolute Gasteiger partial charge is 0.244 e. The summed E-state index contributed by atoms with van der Waals surface area (Å²) in [6.07, 6.45) is 1.30. The fourth-order valence-electron chi connectivity index (χ4n) is 0.243. The highest BCUT2D eigenvalue weighted by Crippen LogP contribution is 1.88. The van der Waals surface area contributed by atoms with Crippen LogP contribution in [-0.2, 0) is 0 Å². The first kappa shape index (κ1) is 3.88. The van der Waals surface area contributed by atoms with Crippen LogP contribution in [0, 0.1) is 17.4 Å². The Labute approximate surface area is 40.2 Å². The van der Waals surface area contributed by atoms with E-state index in [4.69, 9.17) is 5.26 Å². The lowest BCUT2D eigenvalue weighted by atomic mass is 10.5. The number of nitriles is 1. The van der Waals surface area contributed by atoms with Crippen LogP contribution in [0.25, 0.3) is 0 Å². The van der Waals surface area contributed by atoms with Gasteiger partial charge >= 0.3 is 0 Å². The second kappa shape index (κ2) is 1.43. The van der Waals surface area contributed by atoms with Crippen molar-refractivity contribution in [2.45, 2.75) is 0 Å². The van der Waals surface area contributed by atoms with Crippen LogP contribution in [0.5, 0.6) is 0 Å². The third-order valence-electron chi connectivity index (χ3n) is 0.494. The quantitative estimate of drug-likeness (QED) is 0.465. The first-order valence-electron chi connectivity index (χ1n) is 1.66. The van der Waals surface area contributed by atoms with Crippen molar-refractivity contribution in [1.29, 1.82) is 5.26 Å². The summed E-state index contributed by atoms with van der Waals surface area (Å²) in [5.74, 6) is 0.125. The summed E-state index contributed by atoms with van der Waals surface area (Å²) in [5.41, 5.74) is 0. The molecule has 7 heavy (non-hydrogen) atoms. The van der Waals surface area contributed by atoms with Crippen molar-refractivity contribution in [1.82, 2.24) is 5.16 Å². The topological polar surface area (TPSA) is 49.8 Å².